The molecule has 4 rings (SSSR count). The van der Waals surface area contributed by atoms with E-state index in [1.807, 2.05) is 43.3 Å². The van der Waals surface area contributed by atoms with Crippen LogP contribution in [0, 0.1) is 18.3 Å². The van der Waals surface area contributed by atoms with Crippen LogP contribution < -0.4 is 10.5 Å². The van der Waals surface area contributed by atoms with Crippen LogP contribution in [0.2, 0.25) is 0 Å². The molecule has 0 unspecified atom stereocenters. The number of unbranched alkanes of at least 4 members (excludes halogenated alkanes) is 1. The van der Waals surface area contributed by atoms with Crippen LogP contribution in [0.4, 0.5) is 5.82 Å². The summed E-state index contributed by atoms with van der Waals surface area (Å²) in [5.74, 6) is 0.695. The number of nitriles is 1. The lowest BCUT2D eigenvalue weighted by molar-refractivity contribution is -0.122. The van der Waals surface area contributed by atoms with Gasteiger partial charge in [-0.15, -0.1) is 0 Å². The molecule has 0 radical (unpaired) electrons. The van der Waals surface area contributed by atoms with Gasteiger partial charge in [0.25, 0.3) is 11.5 Å². The molecule has 36 heavy (non-hydrogen) atoms. The van der Waals surface area contributed by atoms with Gasteiger partial charge in [0.2, 0.25) is 0 Å². The second-order valence-corrected chi connectivity index (χ2v) is 11.0. The van der Waals surface area contributed by atoms with Crippen LogP contribution in [0.3, 0.4) is 0 Å². The van der Waals surface area contributed by atoms with E-state index in [2.05, 4.69) is 17.9 Å². The van der Waals surface area contributed by atoms with E-state index in [0.29, 0.717) is 27.9 Å². The monoisotopic (exact) mass is 520 g/mol. The van der Waals surface area contributed by atoms with Crippen molar-refractivity contribution in [1.82, 2.24) is 9.47 Å². The normalized spacial score (nSPS) is 17.5. The highest BCUT2D eigenvalue weighted by Crippen LogP contribution is 2.37. The summed E-state index contributed by atoms with van der Waals surface area (Å²) in [6, 6.07) is 11.9. The van der Waals surface area contributed by atoms with Gasteiger partial charge in [0.05, 0.1) is 11.4 Å². The van der Waals surface area contributed by atoms with Gasteiger partial charge in [0.15, 0.2) is 0 Å². The van der Waals surface area contributed by atoms with E-state index >= 15 is 0 Å². The van der Waals surface area contributed by atoms with Gasteiger partial charge in [-0.2, -0.15) is 5.26 Å². The summed E-state index contributed by atoms with van der Waals surface area (Å²) in [6.07, 6.45) is 8.08. The number of thioether (sulfide) groups is 1. The molecule has 0 N–H and O–H groups in total. The average molecular weight is 521 g/mol. The van der Waals surface area contributed by atoms with Crippen molar-refractivity contribution in [2.45, 2.75) is 65.5 Å². The first-order valence-electron chi connectivity index (χ1n) is 12.7. The van der Waals surface area contributed by atoms with Gasteiger partial charge in [-0.25, -0.2) is 0 Å². The first-order valence-corrected chi connectivity index (χ1v) is 13.9. The standard InChI is InChI=1S/C28H32N4O2S2/c1-3-4-16-31-25(30-14-10-5-6-11-15-30)22(20(2)23(18-29)26(31)33)17-24-27(34)32(28(35)36-24)19-21-12-8-7-9-13-21/h7-9,12-13,17H,3-6,10-11,14-16,19H2,1-2H3/b24-17+. The molecular weight excluding hydrogens is 488 g/mol. The predicted molar refractivity (Wildman–Crippen MR) is 151 cm³/mol. The number of amides is 1. The summed E-state index contributed by atoms with van der Waals surface area (Å²) in [6.45, 7) is 6.59. The Balaban J connectivity index is 1.83. The molecule has 2 fully saturated rings. The number of carbonyl (C=O) groups is 1. The van der Waals surface area contributed by atoms with Gasteiger partial charge in [0.1, 0.15) is 21.8 Å². The Morgan fingerprint density at radius 1 is 1.11 bits per heavy atom. The second-order valence-electron chi connectivity index (χ2n) is 9.31. The Hall–Kier alpha value is -2.89. The topological polar surface area (TPSA) is 69.3 Å². The molecule has 0 aliphatic carbocycles. The van der Waals surface area contributed by atoms with Crippen molar-refractivity contribution in [3.05, 3.63) is 67.8 Å². The van der Waals surface area contributed by atoms with Crippen molar-refractivity contribution in [2.24, 2.45) is 0 Å². The quantitative estimate of drug-likeness (QED) is 0.349. The third kappa shape index (κ3) is 5.42. The number of benzene rings is 1. The number of anilines is 1. The molecule has 1 aromatic carbocycles. The van der Waals surface area contributed by atoms with E-state index in [1.165, 1.54) is 24.6 Å². The third-order valence-corrected chi connectivity index (χ3v) is 8.20. The summed E-state index contributed by atoms with van der Waals surface area (Å²) >= 11 is 6.87. The van der Waals surface area contributed by atoms with E-state index in [1.54, 1.807) is 9.47 Å². The number of hydrogen-bond donors (Lipinski definition) is 0. The molecule has 188 valence electrons. The second kappa shape index (κ2) is 11.9. The Morgan fingerprint density at radius 3 is 2.44 bits per heavy atom. The molecule has 0 spiro atoms. The lowest BCUT2D eigenvalue weighted by Crippen LogP contribution is -2.35. The number of rotatable bonds is 7. The molecule has 1 amide bonds. The fraction of sp³-hybridized carbons (Fsp3) is 0.429. The molecule has 1 aromatic heterocycles. The maximum Gasteiger partial charge on any atom is 0.270 e. The van der Waals surface area contributed by atoms with Crippen molar-refractivity contribution in [2.75, 3.05) is 18.0 Å². The number of nitrogens with zero attached hydrogens (tertiary/aromatic N) is 4. The number of hydrogen-bond acceptors (Lipinski definition) is 6. The first-order chi connectivity index (χ1) is 17.5. The molecule has 8 heteroatoms. The van der Waals surface area contributed by atoms with Crippen LogP contribution in [0.5, 0.6) is 0 Å². The Morgan fingerprint density at radius 2 is 1.81 bits per heavy atom. The molecule has 6 nitrogen and oxygen atoms in total. The zero-order valence-corrected chi connectivity index (χ0v) is 22.6. The molecule has 0 bridgehead atoms. The SMILES string of the molecule is CCCCn1c(N2CCCCCC2)c(/C=C2/SC(=S)N(Cc3ccccc3)C2=O)c(C)c(C#N)c1=O. The molecule has 2 aliphatic heterocycles. The molecular formula is C28H32N4O2S2. The zero-order chi connectivity index (χ0) is 25.7. The average Bonchev–Trinajstić information content (AvgIpc) is 3.05. The Kier molecular flexibility index (Phi) is 8.65. The van der Waals surface area contributed by atoms with Crippen molar-refractivity contribution in [1.29, 1.82) is 5.26 Å². The van der Waals surface area contributed by atoms with Crippen LogP contribution in [0.15, 0.2) is 40.0 Å². The summed E-state index contributed by atoms with van der Waals surface area (Å²) in [5.41, 5.74) is 2.33. The van der Waals surface area contributed by atoms with Crippen LogP contribution >= 0.6 is 24.0 Å². The van der Waals surface area contributed by atoms with Crippen molar-refractivity contribution in [3.63, 3.8) is 0 Å². The Bertz CT molecular complexity index is 1270. The van der Waals surface area contributed by atoms with Gasteiger partial charge in [-0.1, -0.05) is 80.5 Å². The summed E-state index contributed by atoms with van der Waals surface area (Å²) in [5, 5.41) is 9.88. The van der Waals surface area contributed by atoms with Crippen LogP contribution in [0.25, 0.3) is 6.08 Å². The fourth-order valence-corrected chi connectivity index (χ4v) is 6.06. The van der Waals surface area contributed by atoms with Crippen LogP contribution in [-0.4, -0.2) is 32.8 Å². The predicted octanol–water partition coefficient (Wildman–Crippen LogP) is 5.61. The highest BCUT2D eigenvalue weighted by molar-refractivity contribution is 8.26. The third-order valence-electron chi connectivity index (χ3n) is 6.82. The first kappa shape index (κ1) is 26.2. The number of aromatic nitrogens is 1. The van der Waals surface area contributed by atoms with Gasteiger partial charge < -0.3 is 4.90 Å². The number of thiocarbonyl (C=S) groups is 1. The minimum atomic E-state index is -0.239. The van der Waals surface area contributed by atoms with Crippen LogP contribution in [0.1, 0.15) is 67.7 Å². The van der Waals surface area contributed by atoms with Gasteiger partial charge >= 0.3 is 0 Å². The lowest BCUT2D eigenvalue weighted by Gasteiger charge is -2.29. The van der Waals surface area contributed by atoms with E-state index in [9.17, 15) is 14.9 Å². The van der Waals surface area contributed by atoms with E-state index in [-0.39, 0.29) is 17.0 Å². The lowest BCUT2D eigenvalue weighted by atomic mass is 10.0. The van der Waals surface area contributed by atoms with Gasteiger partial charge in [-0.05, 0) is 43.4 Å². The highest BCUT2D eigenvalue weighted by Gasteiger charge is 2.33. The molecule has 2 aromatic rings. The minimum Gasteiger partial charge on any atom is -0.357 e. The van der Waals surface area contributed by atoms with Crippen molar-refractivity contribution < 1.29 is 4.79 Å². The maximum atomic E-state index is 13.5. The van der Waals surface area contributed by atoms with Gasteiger partial charge in [-0.3, -0.25) is 19.1 Å². The highest BCUT2D eigenvalue weighted by atomic mass is 32.2. The molecule has 3 heterocycles. The molecule has 2 aliphatic rings. The number of carbonyl (C=O) groups excluding carboxylic acids is 1. The largest absolute Gasteiger partial charge is 0.357 e. The smallest absolute Gasteiger partial charge is 0.270 e. The fourth-order valence-electron chi connectivity index (χ4n) is 4.82. The molecule has 0 atom stereocenters. The number of pyridine rings is 1. The van der Waals surface area contributed by atoms with Crippen LogP contribution in [-0.2, 0) is 17.9 Å². The molecule has 2 saturated heterocycles. The van der Waals surface area contributed by atoms with Gasteiger partial charge in [0, 0.05) is 25.2 Å². The minimum absolute atomic E-state index is 0.139. The van der Waals surface area contributed by atoms with E-state index < -0.39 is 0 Å². The maximum absolute atomic E-state index is 13.5. The van der Waals surface area contributed by atoms with Crippen molar-refractivity contribution in [3.8, 4) is 6.07 Å². The van der Waals surface area contributed by atoms with E-state index in [0.717, 1.165) is 55.7 Å². The summed E-state index contributed by atoms with van der Waals surface area (Å²) in [4.78, 5) is 31.3. The molecule has 0 saturated carbocycles. The van der Waals surface area contributed by atoms with E-state index in [4.69, 9.17) is 12.2 Å². The summed E-state index contributed by atoms with van der Waals surface area (Å²) in [7, 11) is 0. The van der Waals surface area contributed by atoms with Crippen molar-refractivity contribution >= 4 is 46.1 Å². The Labute approximate surface area is 222 Å². The zero-order valence-electron chi connectivity index (χ0n) is 21.0. The summed E-state index contributed by atoms with van der Waals surface area (Å²) < 4.78 is 2.29.